The fourth-order valence-electron chi connectivity index (χ4n) is 7.41. The second-order valence-electron chi connectivity index (χ2n) is 16.3. The third-order valence-corrected chi connectivity index (χ3v) is 11.2. The number of aliphatic hydroxyl groups excluding tert-OH is 1. The smallest absolute Gasteiger partial charge is 0.489 e. The number of halogens is 6. The van der Waals surface area contributed by atoms with Crippen molar-refractivity contribution in [2.75, 3.05) is 38.2 Å². The molecule has 0 spiro atoms. The van der Waals surface area contributed by atoms with Crippen molar-refractivity contribution in [3.63, 3.8) is 0 Å². The highest BCUT2D eigenvalue weighted by molar-refractivity contribution is 6.01. The number of aromatic nitrogens is 3. The highest BCUT2D eigenvalue weighted by atomic mass is 19.4. The first kappa shape index (κ1) is 49.5. The number of hydrogen-bond donors (Lipinski definition) is 4. The van der Waals surface area contributed by atoms with E-state index in [1.54, 1.807) is 60.7 Å². The highest BCUT2D eigenvalue weighted by Gasteiger charge is 2.53. The van der Waals surface area contributed by atoms with Gasteiger partial charge in [-0.3, -0.25) is 9.59 Å². The molecule has 1 fully saturated rings. The van der Waals surface area contributed by atoms with Gasteiger partial charge in [0.05, 0.1) is 42.3 Å². The average molecular weight is 977 g/mol. The standard InChI is InChI=1S/C52H42F6N6O7/c1-32-7-16-46(64-49(67)50(17-18-50)38-11-15-44-45(27-38)71-52(57,58)70-44)63-47(32)35-4-2-5-36(26-35)48(66)60-20-23-68-22-3-6-39-29-62-40(30-61-39)12-8-33-10-14-43(37(24-33)28-59-19-21-65)69-31-34-9-13-42(53)41(25-34)51(54,55)56/h2,4-5,7,9-11,13-16,24-27,29-30,59,65H,17-23,28,31H2,1H3,(H,60,66)(H,63,64,67). The van der Waals surface area contributed by atoms with Crippen LogP contribution in [-0.2, 0) is 34.3 Å². The lowest BCUT2D eigenvalue weighted by atomic mass is 9.94. The number of amides is 2. The molecule has 2 aliphatic rings. The molecule has 13 nitrogen and oxygen atoms in total. The molecule has 2 aromatic heterocycles. The molecule has 4 aromatic carbocycles. The Hall–Kier alpha value is -7.97. The number of hydrogen-bond acceptors (Lipinski definition) is 11. The van der Waals surface area contributed by atoms with Crippen LogP contribution in [0.3, 0.4) is 0 Å². The first-order valence-electron chi connectivity index (χ1n) is 22.0. The van der Waals surface area contributed by atoms with E-state index in [4.69, 9.17) is 9.47 Å². The summed E-state index contributed by atoms with van der Waals surface area (Å²) >= 11 is 0. The van der Waals surface area contributed by atoms with Crippen LogP contribution in [0, 0.1) is 36.4 Å². The van der Waals surface area contributed by atoms with Crippen molar-refractivity contribution in [2.24, 2.45) is 0 Å². The summed E-state index contributed by atoms with van der Waals surface area (Å²) in [7, 11) is 0. The van der Waals surface area contributed by atoms with Crippen LogP contribution < -0.4 is 30.2 Å². The summed E-state index contributed by atoms with van der Waals surface area (Å²) in [4.78, 5) is 39.9. The topological polar surface area (TPSA) is 166 Å². The van der Waals surface area contributed by atoms with E-state index >= 15 is 0 Å². The summed E-state index contributed by atoms with van der Waals surface area (Å²) in [5.41, 5.74) is 2.67. The Morgan fingerprint density at radius 2 is 1.66 bits per heavy atom. The van der Waals surface area contributed by atoms with Crippen molar-refractivity contribution in [3.05, 3.63) is 160 Å². The maximum atomic E-state index is 13.8. The molecular formula is C52H42F6N6O7. The molecule has 8 rings (SSSR count). The van der Waals surface area contributed by atoms with Gasteiger partial charge in [0, 0.05) is 41.9 Å². The third kappa shape index (κ3) is 12.4. The molecule has 0 bridgehead atoms. The fraction of sp³-hybridized carbons (Fsp3) is 0.250. The summed E-state index contributed by atoms with van der Waals surface area (Å²) in [6.07, 6.45) is -4.68. The lowest BCUT2D eigenvalue weighted by Crippen LogP contribution is -2.28. The number of alkyl halides is 5. The number of ether oxygens (including phenoxy) is 4. The maximum Gasteiger partial charge on any atom is 0.586 e. The van der Waals surface area contributed by atoms with Crippen molar-refractivity contribution in [1.82, 2.24) is 25.6 Å². The quantitative estimate of drug-likeness (QED) is 0.0424. The minimum atomic E-state index is -4.85. The predicted molar refractivity (Wildman–Crippen MR) is 246 cm³/mol. The summed E-state index contributed by atoms with van der Waals surface area (Å²) in [5, 5.41) is 17.9. The number of fused-ring (bicyclic) bond motifs is 1. The minimum Gasteiger partial charge on any atom is -0.489 e. The van der Waals surface area contributed by atoms with E-state index < -0.39 is 29.3 Å². The highest BCUT2D eigenvalue weighted by Crippen LogP contribution is 2.52. The summed E-state index contributed by atoms with van der Waals surface area (Å²) in [6, 6.07) is 22.4. The first-order chi connectivity index (χ1) is 34.1. The zero-order valence-corrected chi connectivity index (χ0v) is 37.7. The number of nitrogens with zero attached hydrogens (tertiary/aromatic N) is 3. The number of aryl methyl sites for hydroxylation is 1. The molecule has 1 aliphatic carbocycles. The van der Waals surface area contributed by atoms with Gasteiger partial charge in [0.2, 0.25) is 5.91 Å². The van der Waals surface area contributed by atoms with Crippen molar-refractivity contribution < 1.29 is 60.0 Å². The molecular weight excluding hydrogens is 935 g/mol. The van der Waals surface area contributed by atoms with Crippen LogP contribution in [0.15, 0.2) is 103 Å². The zero-order valence-electron chi connectivity index (χ0n) is 37.7. The second-order valence-corrected chi connectivity index (χ2v) is 16.3. The van der Waals surface area contributed by atoms with Gasteiger partial charge < -0.3 is 40.0 Å². The van der Waals surface area contributed by atoms with Crippen LogP contribution >= 0.6 is 0 Å². The van der Waals surface area contributed by atoms with Gasteiger partial charge >= 0.3 is 12.5 Å². The van der Waals surface area contributed by atoms with Gasteiger partial charge in [-0.15, -0.1) is 8.78 Å². The van der Waals surface area contributed by atoms with Crippen LogP contribution in [0.1, 0.15) is 68.0 Å². The largest absolute Gasteiger partial charge is 0.586 e. The van der Waals surface area contributed by atoms with E-state index in [1.165, 1.54) is 30.6 Å². The molecule has 0 saturated heterocycles. The molecule has 19 heteroatoms. The summed E-state index contributed by atoms with van der Waals surface area (Å²) in [5.74, 6) is 10.00. The number of benzene rings is 4. The van der Waals surface area contributed by atoms with Crippen molar-refractivity contribution in [2.45, 2.75) is 50.8 Å². The Morgan fingerprint density at radius 3 is 2.42 bits per heavy atom. The van der Waals surface area contributed by atoms with Crippen LogP contribution in [0.4, 0.5) is 32.2 Å². The Morgan fingerprint density at radius 1 is 0.873 bits per heavy atom. The van der Waals surface area contributed by atoms with E-state index in [2.05, 4.69) is 64.1 Å². The van der Waals surface area contributed by atoms with Gasteiger partial charge in [0.15, 0.2) is 11.5 Å². The van der Waals surface area contributed by atoms with Crippen LogP contribution in [0.25, 0.3) is 11.3 Å². The first-order valence-corrected chi connectivity index (χ1v) is 22.0. The number of aliphatic hydroxyl groups is 1. The van der Waals surface area contributed by atoms with Crippen LogP contribution in [0.5, 0.6) is 17.2 Å². The van der Waals surface area contributed by atoms with E-state index in [0.29, 0.717) is 69.6 Å². The Kier molecular flexibility index (Phi) is 14.9. The molecule has 1 aliphatic heterocycles. The third-order valence-electron chi connectivity index (χ3n) is 11.2. The number of nitrogens with one attached hydrogen (secondary N) is 3. The number of anilines is 1. The fourth-order valence-corrected chi connectivity index (χ4v) is 7.41. The summed E-state index contributed by atoms with van der Waals surface area (Å²) < 4.78 is 101. The molecule has 71 heavy (non-hydrogen) atoms. The molecule has 364 valence electrons. The molecule has 0 unspecified atom stereocenters. The van der Waals surface area contributed by atoms with Crippen molar-refractivity contribution in [1.29, 1.82) is 0 Å². The number of carbonyl (C=O) groups excluding carboxylic acids is 2. The van der Waals surface area contributed by atoms with Crippen molar-refractivity contribution in [3.8, 4) is 52.2 Å². The van der Waals surface area contributed by atoms with Gasteiger partial charge in [0.25, 0.3) is 5.91 Å². The molecule has 0 radical (unpaired) electrons. The van der Waals surface area contributed by atoms with Crippen molar-refractivity contribution >= 4 is 17.6 Å². The lowest BCUT2D eigenvalue weighted by molar-refractivity contribution is -0.286. The zero-order chi connectivity index (χ0) is 50.2. The van der Waals surface area contributed by atoms with E-state index in [9.17, 15) is 41.0 Å². The Balaban J connectivity index is 0.794. The number of rotatable bonds is 16. The molecule has 4 N–H and O–H groups in total. The van der Waals surface area contributed by atoms with Crippen LogP contribution in [-0.4, -0.2) is 71.1 Å². The monoisotopic (exact) mass is 976 g/mol. The lowest BCUT2D eigenvalue weighted by Gasteiger charge is -2.17. The number of pyridine rings is 1. The minimum absolute atomic E-state index is 0.0524. The molecule has 2 amide bonds. The van der Waals surface area contributed by atoms with Gasteiger partial charge in [-0.2, -0.15) is 13.2 Å². The van der Waals surface area contributed by atoms with Gasteiger partial charge in [-0.1, -0.05) is 42.2 Å². The second kappa shape index (κ2) is 21.3. The van der Waals surface area contributed by atoms with E-state index in [0.717, 1.165) is 11.6 Å². The normalized spacial score (nSPS) is 13.8. The Bertz CT molecular complexity index is 3090. The van der Waals surface area contributed by atoms with Crippen LogP contribution in [0.2, 0.25) is 0 Å². The van der Waals surface area contributed by atoms with Gasteiger partial charge in [-0.25, -0.2) is 19.3 Å². The summed E-state index contributed by atoms with van der Waals surface area (Å²) in [6.45, 7) is 2.46. The Labute approximate surface area is 403 Å². The average Bonchev–Trinajstić information content (AvgIpc) is 4.10. The maximum absolute atomic E-state index is 13.8. The number of carbonyl (C=O) groups is 2. The van der Waals surface area contributed by atoms with Gasteiger partial charge in [-0.05, 0) is 109 Å². The van der Waals surface area contributed by atoms with Gasteiger partial charge in [0.1, 0.15) is 42.0 Å². The van der Waals surface area contributed by atoms with E-state index in [-0.39, 0.29) is 80.8 Å². The SMILES string of the molecule is Cc1ccc(NC(=O)C2(c3ccc4c(c3)OC(F)(F)O4)CC2)nc1-c1cccc(C(=O)NCCOCC#Cc2cnc(C#Cc3ccc(OCc4ccc(F)c(C(F)(F)F)c4)c(CNCCO)c3)cn2)c1. The van der Waals surface area contributed by atoms with E-state index in [1.807, 2.05) is 6.92 Å². The predicted octanol–water partition coefficient (Wildman–Crippen LogP) is 7.86. The molecule has 3 heterocycles. The molecule has 0 atom stereocenters. The molecule has 1 saturated carbocycles. The molecule has 6 aromatic rings.